The number of nitrogens with zero attached hydrogens (tertiary/aromatic N) is 1. The highest BCUT2D eigenvalue weighted by molar-refractivity contribution is 7.89. The van der Waals surface area contributed by atoms with Gasteiger partial charge in [0.25, 0.3) is 5.91 Å². The molecule has 4 aromatic rings. The fourth-order valence-corrected chi connectivity index (χ4v) is 5.84. The van der Waals surface area contributed by atoms with Crippen molar-refractivity contribution in [3.05, 3.63) is 71.9 Å². The van der Waals surface area contributed by atoms with Crippen molar-refractivity contribution in [2.45, 2.75) is 24.3 Å². The van der Waals surface area contributed by atoms with E-state index in [4.69, 9.17) is 0 Å². The van der Waals surface area contributed by atoms with Crippen LogP contribution in [0, 0.1) is 0 Å². The zero-order chi connectivity index (χ0) is 23.3. The van der Waals surface area contributed by atoms with E-state index in [1.54, 1.807) is 35.2 Å². The maximum absolute atomic E-state index is 13.3. The van der Waals surface area contributed by atoms with Gasteiger partial charge in [0.15, 0.2) is 0 Å². The van der Waals surface area contributed by atoms with Gasteiger partial charge < -0.3 is 19.8 Å². The highest BCUT2D eigenvalue weighted by Gasteiger charge is 2.32. The van der Waals surface area contributed by atoms with Gasteiger partial charge in [0.1, 0.15) is 0 Å². The van der Waals surface area contributed by atoms with E-state index >= 15 is 0 Å². The fraction of sp³-hybridized carbons (Fsp3) is 0.167. The van der Waals surface area contributed by atoms with Crippen molar-refractivity contribution in [3.63, 3.8) is 0 Å². The van der Waals surface area contributed by atoms with Gasteiger partial charge in [-0.25, -0.2) is 13.1 Å². The lowest BCUT2D eigenvalue weighted by Gasteiger charge is -2.20. The minimum atomic E-state index is -4.24. The number of nitrogens with one attached hydrogen (secondary N) is 2. The van der Waals surface area contributed by atoms with Crippen LogP contribution in [-0.2, 0) is 21.2 Å². The summed E-state index contributed by atoms with van der Waals surface area (Å²) in [6, 6.07) is 15.6. The minimum Gasteiger partial charge on any atom is -0.548 e. The summed E-state index contributed by atoms with van der Waals surface area (Å²) in [4.78, 5) is 29.1. The molecule has 0 saturated carbocycles. The van der Waals surface area contributed by atoms with E-state index in [0.29, 0.717) is 34.3 Å². The van der Waals surface area contributed by atoms with Crippen LogP contribution in [0.5, 0.6) is 0 Å². The molecule has 1 amide bonds. The summed E-state index contributed by atoms with van der Waals surface area (Å²) < 4.78 is 28.9. The number of sulfonamides is 1. The second-order valence-corrected chi connectivity index (χ2v) is 9.62. The first-order valence-electron chi connectivity index (χ1n) is 10.5. The Hall–Kier alpha value is -3.69. The molecule has 9 heteroatoms. The van der Waals surface area contributed by atoms with E-state index in [-0.39, 0.29) is 17.2 Å². The number of carboxylic acid groups (broad SMARTS) is 1. The Bertz CT molecular complexity index is 1510. The number of aliphatic carboxylic acids is 1. The van der Waals surface area contributed by atoms with Gasteiger partial charge in [-0.2, -0.15) is 0 Å². The number of anilines is 1. The number of rotatable bonds is 7. The van der Waals surface area contributed by atoms with Crippen molar-refractivity contribution >= 4 is 49.3 Å². The lowest BCUT2D eigenvalue weighted by molar-refractivity contribution is -0.308. The molecule has 2 heterocycles. The Labute approximate surface area is 189 Å². The molecule has 0 fully saturated rings. The van der Waals surface area contributed by atoms with E-state index in [2.05, 4.69) is 9.71 Å². The second kappa shape index (κ2) is 7.72. The number of H-pyrrole nitrogens is 1. The van der Waals surface area contributed by atoms with Gasteiger partial charge in [-0.1, -0.05) is 30.3 Å². The van der Waals surface area contributed by atoms with E-state index < -0.39 is 22.0 Å². The number of carboxylic acids is 1. The molecule has 1 aromatic heterocycles. The first-order chi connectivity index (χ1) is 15.8. The molecule has 33 heavy (non-hydrogen) atoms. The zero-order valence-corrected chi connectivity index (χ0v) is 18.5. The third-order valence-electron chi connectivity index (χ3n) is 5.94. The number of carbonyl (C=O) groups excluding carboxylic acids is 2. The average molecular weight is 463 g/mol. The minimum absolute atomic E-state index is 0.0863. The Kier molecular flexibility index (Phi) is 4.95. The summed E-state index contributed by atoms with van der Waals surface area (Å²) in [5.74, 6) is -1.72. The molecule has 0 bridgehead atoms. The van der Waals surface area contributed by atoms with Crippen LogP contribution in [0.15, 0.2) is 65.6 Å². The van der Waals surface area contributed by atoms with E-state index in [9.17, 15) is 23.1 Å². The quantitative estimate of drug-likeness (QED) is 0.435. The number of hydrogen-bond acceptors (Lipinski definition) is 5. The summed E-state index contributed by atoms with van der Waals surface area (Å²) >= 11 is 0. The van der Waals surface area contributed by atoms with Crippen LogP contribution >= 0.6 is 0 Å². The normalized spacial score (nSPS) is 14.3. The number of hydrogen-bond donors (Lipinski definition) is 2. The lowest BCUT2D eigenvalue weighted by atomic mass is 10.1. The van der Waals surface area contributed by atoms with Crippen molar-refractivity contribution in [1.29, 1.82) is 0 Å². The molecule has 0 radical (unpaired) electrons. The van der Waals surface area contributed by atoms with Crippen molar-refractivity contribution in [2.24, 2.45) is 0 Å². The van der Waals surface area contributed by atoms with Crippen molar-refractivity contribution in [3.8, 4) is 0 Å². The van der Waals surface area contributed by atoms with Crippen molar-refractivity contribution < 1.29 is 23.1 Å². The molecule has 168 valence electrons. The Morgan fingerprint density at radius 2 is 1.91 bits per heavy atom. The van der Waals surface area contributed by atoms with Crippen LogP contribution in [-0.4, -0.2) is 37.9 Å². The molecule has 1 aliphatic heterocycles. The number of aromatic amines is 1. The molecular formula is C24H20N3O5S-. The number of amides is 1. The number of benzene rings is 3. The topological polar surface area (TPSA) is 122 Å². The molecule has 0 aliphatic carbocycles. The molecule has 1 aliphatic rings. The second-order valence-electron chi connectivity index (χ2n) is 7.94. The summed E-state index contributed by atoms with van der Waals surface area (Å²) in [5.41, 5.74) is 2.46. The Morgan fingerprint density at radius 3 is 2.64 bits per heavy atom. The molecule has 1 atom stereocenters. The summed E-state index contributed by atoms with van der Waals surface area (Å²) in [6.07, 6.45) is -0.112. The number of aromatic nitrogens is 1. The number of fused-ring (bicyclic) bond motifs is 1. The predicted octanol–water partition coefficient (Wildman–Crippen LogP) is 1.94. The van der Waals surface area contributed by atoms with Crippen LogP contribution in [0.3, 0.4) is 0 Å². The molecular weight excluding hydrogens is 442 g/mol. The predicted molar refractivity (Wildman–Crippen MR) is 122 cm³/mol. The standard InChI is InChI=1S/C24H21N3O5S/c1-2-27-20-10-11-21(16-7-5-8-17(22(16)20)23(27)28)33(31,32)26-19(24(29)30)13-15-12-14-6-3-4-9-18(14)25-15/h3-12,19,25-26H,2,13H2,1H3,(H,29,30)/p-1/t19-/m0/s1. The highest BCUT2D eigenvalue weighted by atomic mass is 32.2. The van der Waals surface area contributed by atoms with Crippen LogP contribution in [0.2, 0.25) is 0 Å². The average Bonchev–Trinajstić information content (AvgIpc) is 3.32. The fourth-order valence-electron chi connectivity index (χ4n) is 4.45. The molecule has 5 rings (SSSR count). The van der Waals surface area contributed by atoms with Gasteiger partial charge in [0.2, 0.25) is 10.0 Å². The van der Waals surface area contributed by atoms with Crippen LogP contribution in [0.25, 0.3) is 21.7 Å². The van der Waals surface area contributed by atoms with Crippen LogP contribution < -0.4 is 14.7 Å². The van der Waals surface area contributed by atoms with Crippen molar-refractivity contribution in [1.82, 2.24) is 9.71 Å². The van der Waals surface area contributed by atoms with Crippen molar-refractivity contribution in [2.75, 3.05) is 11.4 Å². The van der Waals surface area contributed by atoms with Crippen LogP contribution in [0.1, 0.15) is 23.0 Å². The zero-order valence-electron chi connectivity index (χ0n) is 17.7. The van der Waals surface area contributed by atoms with Crippen LogP contribution in [0.4, 0.5) is 5.69 Å². The Balaban J connectivity index is 1.52. The number of para-hydroxylation sites is 1. The largest absolute Gasteiger partial charge is 0.548 e. The number of carbonyl (C=O) groups is 2. The molecule has 0 unspecified atom stereocenters. The van der Waals surface area contributed by atoms with E-state index in [1.165, 1.54) is 6.07 Å². The van der Waals surface area contributed by atoms with Gasteiger partial charge in [-0.05, 0) is 42.6 Å². The monoisotopic (exact) mass is 462 g/mol. The third kappa shape index (κ3) is 3.46. The lowest BCUT2D eigenvalue weighted by Crippen LogP contribution is -2.49. The van der Waals surface area contributed by atoms with Gasteiger partial charge in [-0.3, -0.25) is 4.79 Å². The molecule has 0 spiro atoms. The molecule has 3 aromatic carbocycles. The Morgan fingerprint density at radius 1 is 1.12 bits per heavy atom. The SMILES string of the molecule is CCN1C(=O)c2cccc3c(S(=O)(=O)N[C@@H](Cc4cc5ccccc5[nH]4)C(=O)[O-])ccc1c23. The van der Waals surface area contributed by atoms with Gasteiger partial charge in [-0.15, -0.1) is 0 Å². The molecule has 2 N–H and O–H groups in total. The molecule has 8 nitrogen and oxygen atoms in total. The summed E-state index contributed by atoms with van der Waals surface area (Å²) in [7, 11) is -4.24. The maximum Gasteiger partial charge on any atom is 0.258 e. The van der Waals surface area contributed by atoms with Gasteiger partial charge in [0, 0.05) is 40.5 Å². The highest BCUT2D eigenvalue weighted by Crippen LogP contribution is 2.39. The van der Waals surface area contributed by atoms with Gasteiger partial charge in [0.05, 0.1) is 22.6 Å². The summed E-state index contributed by atoms with van der Waals surface area (Å²) in [5, 5.41) is 13.6. The summed E-state index contributed by atoms with van der Waals surface area (Å²) in [6.45, 7) is 2.29. The smallest absolute Gasteiger partial charge is 0.258 e. The third-order valence-corrected chi connectivity index (χ3v) is 7.47. The first-order valence-corrected chi connectivity index (χ1v) is 12.0. The molecule has 0 saturated heterocycles. The first kappa shape index (κ1) is 21.2. The van der Waals surface area contributed by atoms with Gasteiger partial charge >= 0.3 is 0 Å². The van der Waals surface area contributed by atoms with E-state index in [0.717, 1.165) is 10.9 Å². The maximum atomic E-state index is 13.3. The van der Waals surface area contributed by atoms with E-state index in [1.807, 2.05) is 31.2 Å².